The molecule has 0 aromatic carbocycles. The standard InChI is InChI=1S/C22H34O2/c1-2-3-4-5-6-7-8-9-10-11-12-13-14-15-16-17-18-19-20-21-22(23)24/h6-7,9-10,12-13,15-16,20-21H,2-5,8,11,14,17-19H2,1H3,(H,23,24)/b7-6-,10-9-,13-12-,16-15-,21-20+. The number of unbranched alkanes of at least 4 members (excludes halogenated alkanes) is 5. The van der Waals surface area contributed by atoms with Gasteiger partial charge < -0.3 is 5.11 Å². The molecule has 0 radical (unpaired) electrons. The molecular formula is C22H34O2. The topological polar surface area (TPSA) is 37.3 Å². The molecule has 24 heavy (non-hydrogen) atoms. The van der Waals surface area contributed by atoms with Gasteiger partial charge in [0.2, 0.25) is 0 Å². The van der Waals surface area contributed by atoms with Crippen LogP contribution in [-0.4, -0.2) is 11.1 Å². The molecule has 134 valence electrons. The first kappa shape index (κ1) is 22.2. The average molecular weight is 331 g/mol. The SMILES string of the molecule is CCCCC/C=C\C/C=C\C/C=C\C/C=C\CCC/C=C/C(=O)O. The van der Waals surface area contributed by atoms with Crippen LogP contribution in [0.4, 0.5) is 0 Å². The van der Waals surface area contributed by atoms with Crippen molar-refractivity contribution in [1.82, 2.24) is 0 Å². The molecule has 1 N–H and O–H groups in total. The molecular weight excluding hydrogens is 296 g/mol. The van der Waals surface area contributed by atoms with E-state index < -0.39 is 5.97 Å². The summed E-state index contributed by atoms with van der Waals surface area (Å²) in [5.74, 6) is -0.868. The fourth-order valence-electron chi connectivity index (χ4n) is 2.10. The predicted octanol–water partition coefficient (Wildman–Crippen LogP) is 6.77. The zero-order valence-electron chi connectivity index (χ0n) is 15.2. The smallest absolute Gasteiger partial charge is 0.327 e. The molecule has 0 aromatic heterocycles. The molecule has 2 heteroatoms. The van der Waals surface area contributed by atoms with Crippen molar-refractivity contribution in [3.05, 3.63) is 60.8 Å². The van der Waals surface area contributed by atoms with Crippen LogP contribution in [0.1, 0.15) is 71.1 Å². The molecule has 0 aliphatic carbocycles. The minimum absolute atomic E-state index is 0.824. The van der Waals surface area contributed by atoms with E-state index in [0.29, 0.717) is 0 Å². The lowest BCUT2D eigenvalue weighted by atomic mass is 10.2. The van der Waals surface area contributed by atoms with E-state index >= 15 is 0 Å². The van der Waals surface area contributed by atoms with Crippen LogP contribution in [0.2, 0.25) is 0 Å². The summed E-state index contributed by atoms with van der Waals surface area (Å²) < 4.78 is 0. The van der Waals surface area contributed by atoms with E-state index in [1.807, 2.05) is 0 Å². The van der Waals surface area contributed by atoms with Crippen molar-refractivity contribution in [2.75, 3.05) is 0 Å². The summed E-state index contributed by atoms with van der Waals surface area (Å²) in [5.41, 5.74) is 0. The molecule has 0 aliphatic rings. The van der Waals surface area contributed by atoms with Crippen LogP contribution in [0.5, 0.6) is 0 Å². The largest absolute Gasteiger partial charge is 0.478 e. The third kappa shape index (κ3) is 20.2. The Kier molecular flexibility index (Phi) is 17.8. The number of carbonyl (C=O) groups is 1. The average Bonchev–Trinajstić information content (AvgIpc) is 2.56. The maximum atomic E-state index is 10.3. The van der Waals surface area contributed by atoms with Gasteiger partial charge in [0.1, 0.15) is 0 Å². The fraction of sp³-hybridized carbons (Fsp3) is 0.500. The summed E-state index contributed by atoms with van der Waals surface area (Å²) >= 11 is 0. The second kappa shape index (κ2) is 19.2. The van der Waals surface area contributed by atoms with Gasteiger partial charge in [-0.15, -0.1) is 0 Å². The Hall–Kier alpha value is -1.83. The molecule has 0 unspecified atom stereocenters. The minimum atomic E-state index is -0.868. The number of aliphatic carboxylic acids is 1. The lowest BCUT2D eigenvalue weighted by molar-refractivity contribution is -0.131. The fourth-order valence-corrected chi connectivity index (χ4v) is 2.10. The maximum Gasteiger partial charge on any atom is 0.327 e. The molecule has 0 heterocycles. The van der Waals surface area contributed by atoms with E-state index in [-0.39, 0.29) is 0 Å². The van der Waals surface area contributed by atoms with Gasteiger partial charge in [0.05, 0.1) is 0 Å². The highest BCUT2D eigenvalue weighted by atomic mass is 16.4. The Labute approximate surface area is 148 Å². The van der Waals surface area contributed by atoms with Crippen molar-refractivity contribution >= 4 is 5.97 Å². The summed E-state index contributed by atoms with van der Waals surface area (Å²) in [7, 11) is 0. The highest BCUT2D eigenvalue weighted by molar-refractivity contribution is 5.79. The number of hydrogen-bond donors (Lipinski definition) is 1. The Morgan fingerprint density at radius 2 is 1.12 bits per heavy atom. The van der Waals surface area contributed by atoms with E-state index in [0.717, 1.165) is 38.5 Å². The van der Waals surface area contributed by atoms with Crippen molar-refractivity contribution in [2.24, 2.45) is 0 Å². The van der Waals surface area contributed by atoms with Gasteiger partial charge in [0.25, 0.3) is 0 Å². The van der Waals surface area contributed by atoms with E-state index in [1.54, 1.807) is 6.08 Å². The molecule has 0 saturated heterocycles. The first-order valence-electron chi connectivity index (χ1n) is 9.26. The number of rotatable bonds is 15. The van der Waals surface area contributed by atoms with Gasteiger partial charge in [-0.2, -0.15) is 0 Å². The second-order valence-electron chi connectivity index (χ2n) is 5.76. The van der Waals surface area contributed by atoms with Gasteiger partial charge in [-0.05, 0) is 51.4 Å². The monoisotopic (exact) mass is 330 g/mol. The first-order chi connectivity index (χ1) is 11.8. The molecule has 0 bridgehead atoms. The molecule has 0 spiro atoms. The van der Waals surface area contributed by atoms with Crippen LogP contribution in [0.25, 0.3) is 0 Å². The molecule has 0 amide bonds. The van der Waals surface area contributed by atoms with Crippen LogP contribution >= 0.6 is 0 Å². The predicted molar refractivity (Wildman–Crippen MR) is 105 cm³/mol. The Bertz CT molecular complexity index is 425. The molecule has 0 rings (SSSR count). The van der Waals surface area contributed by atoms with Gasteiger partial charge in [0.15, 0.2) is 0 Å². The first-order valence-corrected chi connectivity index (χ1v) is 9.26. The lowest BCUT2D eigenvalue weighted by Crippen LogP contribution is -1.85. The number of carboxylic acid groups (broad SMARTS) is 1. The summed E-state index contributed by atoms with van der Waals surface area (Å²) in [6, 6.07) is 0. The van der Waals surface area contributed by atoms with Gasteiger partial charge in [0, 0.05) is 6.08 Å². The highest BCUT2D eigenvalue weighted by Gasteiger charge is 1.85. The van der Waals surface area contributed by atoms with E-state index in [9.17, 15) is 4.79 Å². The molecule has 0 aliphatic heterocycles. The second-order valence-corrected chi connectivity index (χ2v) is 5.76. The van der Waals surface area contributed by atoms with Crippen molar-refractivity contribution in [1.29, 1.82) is 0 Å². The van der Waals surface area contributed by atoms with Gasteiger partial charge in [-0.3, -0.25) is 0 Å². The number of allylic oxidation sites excluding steroid dienone is 9. The van der Waals surface area contributed by atoms with Crippen LogP contribution in [0.15, 0.2) is 60.8 Å². The van der Waals surface area contributed by atoms with Gasteiger partial charge >= 0.3 is 5.97 Å². The maximum absolute atomic E-state index is 10.3. The van der Waals surface area contributed by atoms with Crippen molar-refractivity contribution in [3.8, 4) is 0 Å². The molecule has 0 atom stereocenters. The summed E-state index contributed by atoms with van der Waals surface area (Å²) in [4.78, 5) is 10.3. The van der Waals surface area contributed by atoms with Crippen LogP contribution in [0, 0.1) is 0 Å². The third-order valence-electron chi connectivity index (χ3n) is 3.46. The third-order valence-corrected chi connectivity index (χ3v) is 3.46. The quantitative estimate of drug-likeness (QED) is 0.204. The number of carboxylic acids is 1. The van der Waals surface area contributed by atoms with Crippen LogP contribution in [0.3, 0.4) is 0 Å². The lowest BCUT2D eigenvalue weighted by Gasteiger charge is -1.90. The Balaban J connectivity index is 3.43. The Morgan fingerprint density at radius 3 is 1.62 bits per heavy atom. The normalized spacial score (nSPS) is 12.7. The molecule has 0 saturated carbocycles. The van der Waals surface area contributed by atoms with Crippen molar-refractivity contribution in [3.63, 3.8) is 0 Å². The zero-order valence-corrected chi connectivity index (χ0v) is 15.2. The highest BCUT2D eigenvalue weighted by Crippen LogP contribution is 2.01. The molecule has 2 nitrogen and oxygen atoms in total. The summed E-state index contributed by atoms with van der Waals surface area (Å²) in [6.07, 6.45) is 31.6. The summed E-state index contributed by atoms with van der Waals surface area (Å²) in [6.45, 7) is 2.23. The van der Waals surface area contributed by atoms with E-state index in [1.165, 1.54) is 31.8 Å². The Morgan fingerprint density at radius 1 is 0.667 bits per heavy atom. The summed E-state index contributed by atoms with van der Waals surface area (Å²) in [5, 5.41) is 8.44. The van der Waals surface area contributed by atoms with Gasteiger partial charge in [-0.1, -0.05) is 74.4 Å². The molecule has 0 aromatic rings. The van der Waals surface area contributed by atoms with Crippen LogP contribution < -0.4 is 0 Å². The van der Waals surface area contributed by atoms with Crippen molar-refractivity contribution in [2.45, 2.75) is 71.1 Å². The van der Waals surface area contributed by atoms with E-state index in [4.69, 9.17) is 5.11 Å². The van der Waals surface area contributed by atoms with Crippen LogP contribution in [-0.2, 0) is 4.79 Å². The molecule has 0 fully saturated rings. The van der Waals surface area contributed by atoms with Crippen molar-refractivity contribution < 1.29 is 9.90 Å². The van der Waals surface area contributed by atoms with E-state index in [2.05, 4.69) is 55.5 Å². The zero-order chi connectivity index (χ0) is 17.7. The van der Waals surface area contributed by atoms with Gasteiger partial charge in [-0.25, -0.2) is 4.79 Å². The minimum Gasteiger partial charge on any atom is -0.478 e. The number of hydrogen-bond acceptors (Lipinski definition) is 1.